The Morgan fingerprint density at radius 1 is 1.33 bits per heavy atom. The lowest BCUT2D eigenvalue weighted by Crippen LogP contribution is -2.41. The summed E-state index contributed by atoms with van der Waals surface area (Å²) in [5.41, 5.74) is 0. The second kappa shape index (κ2) is 6.49. The van der Waals surface area contributed by atoms with Gasteiger partial charge in [-0.25, -0.2) is 8.42 Å². The molecular formula is C11H22N2O4S. The maximum Gasteiger partial charge on any atom is 0.317 e. The minimum Gasteiger partial charge on any atom is -0.480 e. The molecular weight excluding hydrogens is 256 g/mol. The third-order valence-electron chi connectivity index (χ3n) is 3.11. The molecule has 0 aromatic heterocycles. The summed E-state index contributed by atoms with van der Waals surface area (Å²) in [6.45, 7) is 1.42. The summed E-state index contributed by atoms with van der Waals surface area (Å²) in [6, 6.07) is -0.131. The van der Waals surface area contributed by atoms with E-state index in [9.17, 15) is 13.2 Å². The molecule has 106 valence electrons. The number of nitrogens with zero attached hydrogens (tertiary/aromatic N) is 2. The van der Waals surface area contributed by atoms with Gasteiger partial charge in [-0.15, -0.1) is 0 Å². The Morgan fingerprint density at radius 2 is 2.00 bits per heavy atom. The molecule has 0 radical (unpaired) electrons. The average molecular weight is 278 g/mol. The Balaban J connectivity index is 2.53. The van der Waals surface area contributed by atoms with Gasteiger partial charge in [0.15, 0.2) is 9.84 Å². The van der Waals surface area contributed by atoms with Gasteiger partial charge in [-0.1, -0.05) is 0 Å². The summed E-state index contributed by atoms with van der Waals surface area (Å²) in [5, 5.41) is 8.88. The molecule has 18 heavy (non-hydrogen) atoms. The number of sulfone groups is 1. The molecule has 0 saturated carbocycles. The summed E-state index contributed by atoms with van der Waals surface area (Å²) in [5.74, 6) is -0.617. The molecule has 1 saturated heterocycles. The van der Waals surface area contributed by atoms with Crippen molar-refractivity contribution in [2.24, 2.45) is 0 Å². The van der Waals surface area contributed by atoms with Gasteiger partial charge in [0.25, 0.3) is 0 Å². The Labute approximate surface area is 108 Å². The number of aliphatic carboxylic acids is 1. The number of rotatable bonds is 7. The molecule has 1 heterocycles. The minimum absolute atomic E-state index is 0.0758. The van der Waals surface area contributed by atoms with Gasteiger partial charge < -0.3 is 10.0 Å². The normalized spacial score (nSPS) is 22.8. The first-order valence-corrected chi connectivity index (χ1v) is 7.93. The second-order valence-electron chi connectivity index (χ2n) is 5.08. The third kappa shape index (κ3) is 5.32. The van der Waals surface area contributed by atoms with Crippen LogP contribution in [-0.4, -0.2) is 80.6 Å². The summed E-state index contributed by atoms with van der Waals surface area (Å²) in [7, 11) is 0.957. The van der Waals surface area contributed by atoms with Crippen LogP contribution in [0.1, 0.15) is 12.8 Å². The van der Waals surface area contributed by atoms with E-state index in [0.29, 0.717) is 13.0 Å². The van der Waals surface area contributed by atoms with Crippen LogP contribution >= 0.6 is 0 Å². The van der Waals surface area contributed by atoms with Gasteiger partial charge in [-0.05, 0) is 33.5 Å². The van der Waals surface area contributed by atoms with Crippen molar-refractivity contribution in [3.05, 3.63) is 0 Å². The second-order valence-corrected chi connectivity index (χ2v) is 7.31. The molecule has 0 bridgehead atoms. The fourth-order valence-corrected chi connectivity index (χ4v) is 3.98. The molecule has 0 aromatic rings. The molecule has 6 nitrogen and oxygen atoms in total. The number of hydrogen-bond donors (Lipinski definition) is 1. The van der Waals surface area contributed by atoms with Gasteiger partial charge in [0.1, 0.15) is 0 Å². The van der Waals surface area contributed by atoms with Gasteiger partial charge >= 0.3 is 5.97 Å². The maximum atomic E-state index is 11.4. The number of carboxylic acid groups (broad SMARTS) is 1. The van der Waals surface area contributed by atoms with Gasteiger partial charge in [-0.3, -0.25) is 9.69 Å². The lowest BCUT2D eigenvalue weighted by molar-refractivity contribution is -0.138. The fraction of sp³-hybridized carbons (Fsp3) is 0.909. The molecule has 0 amide bonds. The van der Waals surface area contributed by atoms with Crippen LogP contribution in [0.4, 0.5) is 0 Å². The quantitative estimate of drug-likeness (QED) is 0.677. The zero-order valence-electron chi connectivity index (χ0n) is 11.0. The van der Waals surface area contributed by atoms with Crippen molar-refractivity contribution in [1.82, 2.24) is 9.80 Å². The number of carboxylic acids is 1. The molecule has 0 spiro atoms. The van der Waals surface area contributed by atoms with E-state index in [1.54, 1.807) is 4.90 Å². The van der Waals surface area contributed by atoms with Crippen molar-refractivity contribution in [3.8, 4) is 0 Å². The van der Waals surface area contributed by atoms with Gasteiger partial charge in [0.2, 0.25) is 0 Å². The van der Waals surface area contributed by atoms with Gasteiger partial charge in [-0.2, -0.15) is 0 Å². The number of carbonyl (C=O) groups is 1. The molecule has 1 unspecified atom stereocenters. The van der Waals surface area contributed by atoms with Crippen LogP contribution in [-0.2, 0) is 14.6 Å². The highest BCUT2D eigenvalue weighted by Crippen LogP contribution is 2.17. The van der Waals surface area contributed by atoms with E-state index >= 15 is 0 Å². The lowest BCUT2D eigenvalue weighted by atomic mass is 10.2. The molecule has 1 aliphatic rings. The first-order valence-electron chi connectivity index (χ1n) is 6.11. The van der Waals surface area contributed by atoms with E-state index < -0.39 is 15.8 Å². The first kappa shape index (κ1) is 15.4. The highest BCUT2D eigenvalue weighted by molar-refractivity contribution is 7.91. The van der Waals surface area contributed by atoms with Crippen molar-refractivity contribution in [1.29, 1.82) is 0 Å². The van der Waals surface area contributed by atoms with E-state index in [1.807, 2.05) is 19.0 Å². The van der Waals surface area contributed by atoms with Gasteiger partial charge in [0.05, 0.1) is 18.1 Å². The summed E-state index contributed by atoms with van der Waals surface area (Å²) in [4.78, 5) is 14.6. The van der Waals surface area contributed by atoms with Crippen LogP contribution in [0, 0.1) is 0 Å². The van der Waals surface area contributed by atoms with Crippen LogP contribution in [0.2, 0.25) is 0 Å². The monoisotopic (exact) mass is 278 g/mol. The highest BCUT2D eigenvalue weighted by Gasteiger charge is 2.32. The van der Waals surface area contributed by atoms with Crippen LogP contribution in [0.25, 0.3) is 0 Å². The first-order chi connectivity index (χ1) is 8.30. The summed E-state index contributed by atoms with van der Waals surface area (Å²) >= 11 is 0. The van der Waals surface area contributed by atoms with Crippen molar-refractivity contribution >= 4 is 15.8 Å². The standard InChI is InChI=1S/C11H22N2O4S/c1-12(2)5-3-6-13(8-11(14)15)10-4-7-18(16,17)9-10/h10H,3-9H2,1-2H3,(H,14,15). The third-order valence-corrected chi connectivity index (χ3v) is 4.86. The highest BCUT2D eigenvalue weighted by atomic mass is 32.2. The van der Waals surface area contributed by atoms with Crippen LogP contribution in [0.15, 0.2) is 0 Å². The van der Waals surface area contributed by atoms with Crippen molar-refractivity contribution < 1.29 is 18.3 Å². The Morgan fingerprint density at radius 3 is 2.44 bits per heavy atom. The summed E-state index contributed by atoms with van der Waals surface area (Å²) < 4.78 is 22.9. The van der Waals surface area contributed by atoms with E-state index in [4.69, 9.17) is 5.11 Å². The van der Waals surface area contributed by atoms with Crippen LogP contribution in [0.3, 0.4) is 0 Å². The molecule has 1 fully saturated rings. The topological polar surface area (TPSA) is 77.9 Å². The maximum absolute atomic E-state index is 11.4. The van der Waals surface area contributed by atoms with Crippen molar-refractivity contribution in [2.75, 3.05) is 45.2 Å². The molecule has 1 N–H and O–H groups in total. The molecule has 1 aliphatic heterocycles. The fourth-order valence-electron chi connectivity index (χ4n) is 2.22. The smallest absolute Gasteiger partial charge is 0.317 e. The Bertz CT molecular complexity index is 381. The van der Waals surface area contributed by atoms with E-state index in [-0.39, 0.29) is 24.1 Å². The summed E-state index contributed by atoms with van der Waals surface area (Å²) in [6.07, 6.45) is 1.40. The Kier molecular flexibility index (Phi) is 5.55. The van der Waals surface area contributed by atoms with Crippen molar-refractivity contribution in [2.45, 2.75) is 18.9 Å². The predicted octanol–water partition coefficient (Wildman–Crippen LogP) is -0.488. The average Bonchev–Trinajstić information content (AvgIpc) is 2.56. The van der Waals surface area contributed by atoms with E-state index in [1.165, 1.54) is 0 Å². The molecule has 0 aromatic carbocycles. The molecule has 1 rings (SSSR count). The Hall–Kier alpha value is -0.660. The van der Waals surface area contributed by atoms with Crippen LogP contribution in [0.5, 0.6) is 0 Å². The predicted molar refractivity (Wildman–Crippen MR) is 69.4 cm³/mol. The van der Waals surface area contributed by atoms with Gasteiger partial charge in [0, 0.05) is 12.6 Å². The van der Waals surface area contributed by atoms with Crippen molar-refractivity contribution in [3.63, 3.8) is 0 Å². The van der Waals surface area contributed by atoms with Crippen LogP contribution < -0.4 is 0 Å². The van der Waals surface area contributed by atoms with E-state index in [0.717, 1.165) is 13.0 Å². The minimum atomic E-state index is -2.96. The lowest BCUT2D eigenvalue weighted by Gasteiger charge is -2.26. The number of hydrogen-bond acceptors (Lipinski definition) is 5. The zero-order chi connectivity index (χ0) is 13.8. The largest absolute Gasteiger partial charge is 0.480 e. The van der Waals surface area contributed by atoms with E-state index in [2.05, 4.69) is 0 Å². The zero-order valence-corrected chi connectivity index (χ0v) is 11.8. The molecule has 0 aliphatic carbocycles. The molecule has 1 atom stereocenters. The molecule has 7 heteroatoms. The SMILES string of the molecule is CN(C)CCCN(CC(=O)O)C1CCS(=O)(=O)C1.